The van der Waals surface area contributed by atoms with Gasteiger partial charge in [0.1, 0.15) is 0 Å². The maximum atomic E-state index is 4.24. The van der Waals surface area contributed by atoms with Crippen LogP contribution in [0, 0.1) is 0 Å². The van der Waals surface area contributed by atoms with E-state index in [2.05, 4.69) is 23.7 Å². The molecule has 0 saturated heterocycles. The Bertz CT molecular complexity index is 213. The van der Waals surface area contributed by atoms with Gasteiger partial charge in [-0.15, -0.1) is 11.8 Å². The van der Waals surface area contributed by atoms with Crippen LogP contribution in [0.1, 0.15) is 19.3 Å². The lowest BCUT2D eigenvalue weighted by Crippen LogP contribution is -1.83. The Kier molecular flexibility index (Phi) is 6.11. The fourth-order valence-electron chi connectivity index (χ4n) is 1.000. The first-order valence-electron chi connectivity index (χ1n) is 4.58. The number of aromatic nitrogens is 1. The number of hydrogen-bond acceptors (Lipinski definition) is 3. The second-order valence-electron chi connectivity index (χ2n) is 2.80. The average molecular weight is 213 g/mol. The summed E-state index contributed by atoms with van der Waals surface area (Å²) in [6.07, 6.45) is 5.62. The van der Waals surface area contributed by atoms with E-state index in [0.29, 0.717) is 0 Å². The Morgan fingerprint density at radius 3 is 2.85 bits per heavy atom. The molecule has 0 N–H and O–H groups in total. The third-order valence-corrected chi connectivity index (χ3v) is 3.04. The van der Waals surface area contributed by atoms with E-state index in [0.717, 1.165) is 10.8 Å². The molecule has 1 nitrogen and oxygen atoms in total. The highest BCUT2D eigenvalue weighted by molar-refractivity contribution is 7.99. The molecule has 0 aliphatic carbocycles. The molecule has 0 atom stereocenters. The molecule has 0 amide bonds. The first kappa shape index (κ1) is 10.9. The van der Waals surface area contributed by atoms with Crippen molar-refractivity contribution in [1.29, 1.82) is 0 Å². The van der Waals surface area contributed by atoms with Crippen LogP contribution in [0.2, 0.25) is 0 Å². The van der Waals surface area contributed by atoms with Crippen molar-refractivity contribution in [1.82, 2.24) is 4.98 Å². The minimum absolute atomic E-state index is 1.01. The molecule has 0 aliphatic heterocycles. The van der Waals surface area contributed by atoms with E-state index < -0.39 is 0 Å². The van der Waals surface area contributed by atoms with Crippen molar-refractivity contribution in [2.75, 3.05) is 11.5 Å². The standard InChI is InChI=1S/C10H15NS2/c12-8-4-1-5-9-13-10-6-2-3-7-11-10/h2-3,6-7,12H,1,4-5,8-9H2. The van der Waals surface area contributed by atoms with Gasteiger partial charge in [-0.2, -0.15) is 12.6 Å². The van der Waals surface area contributed by atoms with Gasteiger partial charge in [0, 0.05) is 6.20 Å². The number of nitrogens with zero attached hydrogens (tertiary/aromatic N) is 1. The molecule has 0 aromatic carbocycles. The maximum Gasteiger partial charge on any atom is 0.0959 e. The first-order chi connectivity index (χ1) is 6.43. The number of hydrogen-bond donors (Lipinski definition) is 1. The van der Waals surface area contributed by atoms with Crippen molar-refractivity contribution in [3.8, 4) is 0 Å². The van der Waals surface area contributed by atoms with Crippen LogP contribution in [0.15, 0.2) is 29.4 Å². The predicted octanol–water partition coefficient (Wildman–Crippen LogP) is 3.27. The number of thiol groups is 1. The molecule has 1 heterocycles. The SMILES string of the molecule is SCCCCCSc1ccccn1. The third kappa shape index (κ3) is 5.21. The third-order valence-electron chi connectivity index (χ3n) is 1.69. The first-order valence-corrected chi connectivity index (χ1v) is 6.20. The smallest absolute Gasteiger partial charge is 0.0959 e. The summed E-state index contributed by atoms with van der Waals surface area (Å²) in [7, 11) is 0. The van der Waals surface area contributed by atoms with Crippen LogP contribution in [0.5, 0.6) is 0 Å². The van der Waals surface area contributed by atoms with E-state index in [1.165, 1.54) is 25.0 Å². The normalized spacial score (nSPS) is 10.2. The molecule has 3 heteroatoms. The molecule has 1 rings (SSSR count). The van der Waals surface area contributed by atoms with Crippen LogP contribution in [0.4, 0.5) is 0 Å². The van der Waals surface area contributed by atoms with Crippen LogP contribution in [-0.4, -0.2) is 16.5 Å². The summed E-state index contributed by atoms with van der Waals surface area (Å²) in [5.74, 6) is 2.18. The zero-order valence-corrected chi connectivity index (χ0v) is 9.36. The zero-order valence-electron chi connectivity index (χ0n) is 7.65. The lowest BCUT2D eigenvalue weighted by molar-refractivity contribution is 0.786. The number of thioether (sulfide) groups is 1. The maximum absolute atomic E-state index is 4.24. The molecule has 0 radical (unpaired) electrons. The van der Waals surface area contributed by atoms with Gasteiger partial charge in [-0.25, -0.2) is 4.98 Å². The van der Waals surface area contributed by atoms with E-state index >= 15 is 0 Å². The predicted molar refractivity (Wildman–Crippen MR) is 62.7 cm³/mol. The summed E-state index contributed by atoms with van der Waals surface area (Å²) in [6, 6.07) is 6.04. The quantitative estimate of drug-likeness (QED) is 0.442. The van der Waals surface area contributed by atoms with Crippen LogP contribution in [-0.2, 0) is 0 Å². The summed E-state index contributed by atoms with van der Waals surface area (Å²) in [6.45, 7) is 0. The highest BCUT2D eigenvalue weighted by Gasteiger charge is 1.93. The lowest BCUT2D eigenvalue weighted by atomic mass is 10.3. The van der Waals surface area contributed by atoms with Crippen LogP contribution >= 0.6 is 24.4 Å². The minimum atomic E-state index is 1.01. The molecule has 1 aromatic heterocycles. The summed E-state index contributed by atoms with van der Waals surface area (Å²) in [5.41, 5.74) is 0. The van der Waals surface area contributed by atoms with Crippen LogP contribution in [0.25, 0.3) is 0 Å². The molecule has 0 spiro atoms. The van der Waals surface area contributed by atoms with Crippen molar-refractivity contribution in [2.24, 2.45) is 0 Å². The highest BCUT2D eigenvalue weighted by atomic mass is 32.2. The highest BCUT2D eigenvalue weighted by Crippen LogP contribution is 2.16. The fourth-order valence-corrected chi connectivity index (χ4v) is 2.09. The molecule has 13 heavy (non-hydrogen) atoms. The summed E-state index contributed by atoms with van der Waals surface area (Å²) < 4.78 is 0. The van der Waals surface area contributed by atoms with Gasteiger partial charge in [-0.05, 0) is 36.5 Å². The van der Waals surface area contributed by atoms with Gasteiger partial charge in [-0.3, -0.25) is 0 Å². The van der Waals surface area contributed by atoms with E-state index in [1.807, 2.05) is 30.1 Å². The number of pyridine rings is 1. The van der Waals surface area contributed by atoms with Crippen molar-refractivity contribution >= 4 is 24.4 Å². The monoisotopic (exact) mass is 213 g/mol. The van der Waals surface area contributed by atoms with Gasteiger partial charge in [0.05, 0.1) is 5.03 Å². The Morgan fingerprint density at radius 2 is 2.15 bits per heavy atom. The molecule has 0 saturated carbocycles. The van der Waals surface area contributed by atoms with Gasteiger partial charge in [0.2, 0.25) is 0 Å². The van der Waals surface area contributed by atoms with E-state index in [9.17, 15) is 0 Å². The number of rotatable bonds is 6. The molecule has 72 valence electrons. The Labute approximate surface area is 89.8 Å². The van der Waals surface area contributed by atoms with E-state index in [1.54, 1.807) is 0 Å². The molecular weight excluding hydrogens is 198 g/mol. The fraction of sp³-hybridized carbons (Fsp3) is 0.500. The van der Waals surface area contributed by atoms with Gasteiger partial charge in [0.15, 0.2) is 0 Å². The Balaban J connectivity index is 2.07. The Hall–Kier alpha value is -0.150. The lowest BCUT2D eigenvalue weighted by Gasteiger charge is -1.99. The van der Waals surface area contributed by atoms with E-state index in [4.69, 9.17) is 0 Å². The van der Waals surface area contributed by atoms with Gasteiger partial charge >= 0.3 is 0 Å². The van der Waals surface area contributed by atoms with Crippen molar-refractivity contribution in [3.05, 3.63) is 24.4 Å². The molecule has 0 aliphatic rings. The summed E-state index contributed by atoms with van der Waals surface area (Å²) in [5, 5.41) is 1.13. The van der Waals surface area contributed by atoms with Gasteiger partial charge < -0.3 is 0 Å². The summed E-state index contributed by atoms with van der Waals surface area (Å²) >= 11 is 6.01. The average Bonchev–Trinajstić information content (AvgIpc) is 2.19. The Morgan fingerprint density at radius 1 is 1.23 bits per heavy atom. The van der Waals surface area contributed by atoms with Crippen molar-refractivity contribution < 1.29 is 0 Å². The zero-order chi connectivity index (χ0) is 9.36. The minimum Gasteiger partial charge on any atom is -0.250 e. The molecule has 0 unspecified atom stereocenters. The van der Waals surface area contributed by atoms with Crippen molar-refractivity contribution in [2.45, 2.75) is 24.3 Å². The largest absolute Gasteiger partial charge is 0.250 e. The summed E-state index contributed by atoms with van der Waals surface area (Å²) in [4.78, 5) is 4.24. The van der Waals surface area contributed by atoms with Crippen LogP contribution < -0.4 is 0 Å². The molecule has 0 bridgehead atoms. The van der Waals surface area contributed by atoms with Crippen LogP contribution in [0.3, 0.4) is 0 Å². The molecule has 1 aromatic rings. The second kappa shape index (κ2) is 7.27. The number of unbranched alkanes of at least 4 members (excludes halogenated alkanes) is 2. The second-order valence-corrected chi connectivity index (χ2v) is 4.36. The topological polar surface area (TPSA) is 12.9 Å². The molecular formula is C10H15NS2. The van der Waals surface area contributed by atoms with Crippen molar-refractivity contribution in [3.63, 3.8) is 0 Å². The van der Waals surface area contributed by atoms with Gasteiger partial charge in [-0.1, -0.05) is 12.5 Å². The van der Waals surface area contributed by atoms with E-state index in [-0.39, 0.29) is 0 Å². The molecule has 0 fully saturated rings. The van der Waals surface area contributed by atoms with Gasteiger partial charge in [0.25, 0.3) is 0 Å².